The van der Waals surface area contributed by atoms with Crippen molar-refractivity contribution in [3.05, 3.63) is 75.8 Å². The van der Waals surface area contributed by atoms with Crippen LogP contribution in [0.15, 0.2) is 53.3 Å². The number of H-pyrrole nitrogens is 1. The highest BCUT2D eigenvalue weighted by atomic mass is 16.5. The number of aromatic nitrogens is 2. The normalized spacial score (nSPS) is 16.4. The number of carbonyl (C=O) groups is 1. The Morgan fingerprint density at radius 2 is 2.11 bits per heavy atom. The Morgan fingerprint density at radius 3 is 2.89 bits per heavy atom. The molecule has 2 aromatic carbocycles. The van der Waals surface area contributed by atoms with Gasteiger partial charge in [-0.3, -0.25) is 9.59 Å². The lowest BCUT2D eigenvalue weighted by Crippen LogP contribution is -2.38. The number of carbonyl (C=O) groups excluding carboxylic acids is 1. The first kappa shape index (κ1) is 18.4. The molecule has 0 spiro atoms. The summed E-state index contributed by atoms with van der Waals surface area (Å²) < 4.78 is 5.74. The van der Waals surface area contributed by atoms with Gasteiger partial charge in [0.05, 0.1) is 23.6 Å². The van der Waals surface area contributed by atoms with E-state index in [2.05, 4.69) is 9.97 Å². The standard InChI is InChI=1S/C22H23N3O3/c1-15-6-4-7-16(12-15)22(27)25(13-17-8-5-11-28-17)14-20-23-19-10-3-2-9-18(19)21(26)24-20/h2-4,6-7,9-10,12,17H,5,8,11,13-14H2,1H3,(H,23,24,26)/t17-/m1/s1. The second-order valence-electron chi connectivity index (χ2n) is 7.22. The highest BCUT2D eigenvalue weighted by Crippen LogP contribution is 2.17. The third-order valence-electron chi connectivity index (χ3n) is 5.00. The zero-order valence-corrected chi connectivity index (χ0v) is 15.9. The minimum Gasteiger partial charge on any atom is -0.376 e. The highest BCUT2D eigenvalue weighted by molar-refractivity contribution is 5.94. The van der Waals surface area contributed by atoms with Gasteiger partial charge in [-0.25, -0.2) is 4.98 Å². The number of para-hydroxylation sites is 1. The second-order valence-corrected chi connectivity index (χ2v) is 7.22. The van der Waals surface area contributed by atoms with Crippen molar-refractivity contribution in [1.82, 2.24) is 14.9 Å². The van der Waals surface area contributed by atoms with Gasteiger partial charge in [0.15, 0.2) is 0 Å². The van der Waals surface area contributed by atoms with Crippen LogP contribution in [0.4, 0.5) is 0 Å². The van der Waals surface area contributed by atoms with Crippen LogP contribution in [0, 0.1) is 6.92 Å². The van der Waals surface area contributed by atoms with E-state index in [1.165, 1.54) is 0 Å². The van der Waals surface area contributed by atoms with Crippen LogP contribution in [-0.2, 0) is 11.3 Å². The molecule has 0 bridgehead atoms. The van der Waals surface area contributed by atoms with E-state index in [-0.39, 0.29) is 24.1 Å². The van der Waals surface area contributed by atoms with Crippen molar-refractivity contribution in [3.63, 3.8) is 0 Å². The SMILES string of the molecule is Cc1cccc(C(=O)N(Cc2nc3ccccc3c(=O)[nH]2)C[C@H]2CCCO2)c1. The number of aryl methyl sites for hydroxylation is 1. The maximum atomic E-state index is 13.2. The van der Waals surface area contributed by atoms with Crippen LogP contribution in [0.3, 0.4) is 0 Å². The van der Waals surface area contributed by atoms with Crippen molar-refractivity contribution in [2.75, 3.05) is 13.2 Å². The van der Waals surface area contributed by atoms with Crippen LogP contribution < -0.4 is 5.56 Å². The first-order valence-electron chi connectivity index (χ1n) is 9.55. The van der Waals surface area contributed by atoms with Crippen LogP contribution >= 0.6 is 0 Å². The monoisotopic (exact) mass is 377 g/mol. The Kier molecular flexibility index (Phi) is 5.21. The van der Waals surface area contributed by atoms with E-state index in [9.17, 15) is 9.59 Å². The molecule has 0 aliphatic carbocycles. The summed E-state index contributed by atoms with van der Waals surface area (Å²) in [5.41, 5.74) is 2.09. The fourth-order valence-electron chi connectivity index (χ4n) is 3.60. The molecule has 1 amide bonds. The third kappa shape index (κ3) is 3.97. The van der Waals surface area contributed by atoms with E-state index in [1.807, 2.05) is 43.3 Å². The Morgan fingerprint density at radius 1 is 1.25 bits per heavy atom. The predicted molar refractivity (Wildman–Crippen MR) is 107 cm³/mol. The van der Waals surface area contributed by atoms with Crippen molar-refractivity contribution >= 4 is 16.8 Å². The number of rotatable bonds is 5. The van der Waals surface area contributed by atoms with Gasteiger partial charge in [0.1, 0.15) is 5.82 Å². The molecule has 6 heteroatoms. The number of fused-ring (bicyclic) bond motifs is 1. The van der Waals surface area contributed by atoms with Gasteiger partial charge in [-0.1, -0.05) is 29.8 Å². The molecule has 1 aliphatic rings. The van der Waals surface area contributed by atoms with Crippen molar-refractivity contribution in [3.8, 4) is 0 Å². The summed E-state index contributed by atoms with van der Waals surface area (Å²) in [5, 5.41) is 0.543. The molecular formula is C22H23N3O3. The molecule has 144 valence electrons. The molecule has 1 aliphatic heterocycles. The summed E-state index contributed by atoms with van der Waals surface area (Å²) in [5.74, 6) is 0.387. The molecule has 0 saturated carbocycles. The maximum Gasteiger partial charge on any atom is 0.258 e. The molecule has 1 atom stereocenters. The van der Waals surface area contributed by atoms with Gasteiger partial charge in [-0.05, 0) is 44.0 Å². The van der Waals surface area contributed by atoms with Gasteiger partial charge in [-0.2, -0.15) is 0 Å². The van der Waals surface area contributed by atoms with E-state index >= 15 is 0 Å². The van der Waals surface area contributed by atoms with Gasteiger partial charge in [0.2, 0.25) is 0 Å². The summed E-state index contributed by atoms with van der Waals surface area (Å²) >= 11 is 0. The van der Waals surface area contributed by atoms with E-state index in [1.54, 1.807) is 17.0 Å². The lowest BCUT2D eigenvalue weighted by Gasteiger charge is -2.25. The molecule has 3 aromatic rings. The van der Waals surface area contributed by atoms with E-state index in [4.69, 9.17) is 4.74 Å². The van der Waals surface area contributed by atoms with Crippen LogP contribution in [0.2, 0.25) is 0 Å². The number of aromatic amines is 1. The number of hydrogen-bond donors (Lipinski definition) is 1. The Balaban J connectivity index is 1.65. The van der Waals surface area contributed by atoms with Gasteiger partial charge >= 0.3 is 0 Å². The van der Waals surface area contributed by atoms with Crippen LogP contribution in [0.5, 0.6) is 0 Å². The zero-order valence-electron chi connectivity index (χ0n) is 15.9. The van der Waals surface area contributed by atoms with Crippen LogP contribution in [0.1, 0.15) is 34.6 Å². The number of nitrogens with one attached hydrogen (secondary N) is 1. The summed E-state index contributed by atoms with van der Waals surface area (Å²) in [6, 6.07) is 14.7. The molecule has 4 rings (SSSR count). The zero-order chi connectivity index (χ0) is 19.5. The lowest BCUT2D eigenvalue weighted by atomic mass is 10.1. The average Bonchev–Trinajstić information content (AvgIpc) is 3.20. The topological polar surface area (TPSA) is 75.3 Å². The molecule has 6 nitrogen and oxygen atoms in total. The van der Waals surface area contributed by atoms with Crippen LogP contribution in [0.25, 0.3) is 10.9 Å². The molecule has 2 heterocycles. The molecule has 1 saturated heterocycles. The minimum absolute atomic E-state index is 0.0148. The largest absolute Gasteiger partial charge is 0.376 e. The van der Waals surface area contributed by atoms with E-state index in [0.29, 0.717) is 28.8 Å². The van der Waals surface area contributed by atoms with Gasteiger partial charge < -0.3 is 14.6 Å². The fraction of sp³-hybridized carbons (Fsp3) is 0.318. The van der Waals surface area contributed by atoms with E-state index in [0.717, 1.165) is 25.0 Å². The Labute approximate surface area is 163 Å². The average molecular weight is 377 g/mol. The number of nitrogens with zero attached hydrogens (tertiary/aromatic N) is 2. The predicted octanol–water partition coefficient (Wildman–Crippen LogP) is 3.05. The second kappa shape index (κ2) is 7.94. The molecular weight excluding hydrogens is 354 g/mol. The first-order valence-corrected chi connectivity index (χ1v) is 9.55. The molecule has 1 fully saturated rings. The van der Waals surface area contributed by atoms with Crippen molar-refractivity contribution in [2.45, 2.75) is 32.4 Å². The van der Waals surface area contributed by atoms with Gasteiger partial charge in [0, 0.05) is 18.7 Å². The van der Waals surface area contributed by atoms with Crippen molar-refractivity contribution in [1.29, 1.82) is 0 Å². The maximum absolute atomic E-state index is 13.2. The van der Waals surface area contributed by atoms with Gasteiger partial charge in [-0.15, -0.1) is 0 Å². The van der Waals surface area contributed by atoms with Gasteiger partial charge in [0.25, 0.3) is 11.5 Å². The number of ether oxygens (including phenoxy) is 1. The Hall–Kier alpha value is -2.99. The summed E-state index contributed by atoms with van der Waals surface area (Å²) in [4.78, 5) is 34.7. The molecule has 1 aromatic heterocycles. The molecule has 28 heavy (non-hydrogen) atoms. The van der Waals surface area contributed by atoms with E-state index < -0.39 is 0 Å². The summed E-state index contributed by atoms with van der Waals surface area (Å²) in [6.07, 6.45) is 1.95. The Bertz CT molecular complexity index is 1050. The summed E-state index contributed by atoms with van der Waals surface area (Å²) in [6.45, 7) is 3.39. The van der Waals surface area contributed by atoms with Crippen molar-refractivity contribution < 1.29 is 9.53 Å². The third-order valence-corrected chi connectivity index (χ3v) is 5.00. The minimum atomic E-state index is -0.194. The summed E-state index contributed by atoms with van der Waals surface area (Å²) in [7, 11) is 0. The fourth-order valence-corrected chi connectivity index (χ4v) is 3.60. The quantitative estimate of drug-likeness (QED) is 0.742. The first-order chi connectivity index (χ1) is 13.6. The number of hydrogen-bond acceptors (Lipinski definition) is 4. The van der Waals surface area contributed by atoms with Crippen molar-refractivity contribution in [2.24, 2.45) is 0 Å². The molecule has 0 radical (unpaired) electrons. The highest BCUT2D eigenvalue weighted by Gasteiger charge is 2.24. The number of amides is 1. The lowest BCUT2D eigenvalue weighted by molar-refractivity contribution is 0.0501. The molecule has 0 unspecified atom stereocenters. The van der Waals surface area contributed by atoms with Crippen LogP contribution in [-0.4, -0.2) is 40.0 Å². The smallest absolute Gasteiger partial charge is 0.258 e. The molecule has 1 N–H and O–H groups in total. The number of benzene rings is 2.